The van der Waals surface area contributed by atoms with E-state index in [1.54, 1.807) is 31.2 Å². The number of benzene rings is 2. The van der Waals surface area contributed by atoms with E-state index in [0.29, 0.717) is 0 Å². The largest absolute Gasteiger partial charge is 0.350 e. The molecule has 1 unspecified atom stereocenters. The third-order valence-electron chi connectivity index (χ3n) is 4.00. The maximum Gasteiger partial charge on any atom is 0.244 e. The summed E-state index contributed by atoms with van der Waals surface area (Å²) >= 11 is 0. The van der Waals surface area contributed by atoms with Crippen molar-refractivity contribution in [1.29, 1.82) is 0 Å². The molecule has 0 saturated heterocycles. The lowest BCUT2D eigenvalue weighted by Crippen LogP contribution is -2.48. The SMILES string of the molecule is CN(C)S(=O)(=O)c1ccc(CNC(=O)C(C)(N)c2ccccc2)cc1.Cl. The molecule has 0 aromatic heterocycles. The Bertz CT molecular complexity index is 836. The van der Waals surface area contributed by atoms with Crippen molar-refractivity contribution < 1.29 is 13.2 Å². The summed E-state index contributed by atoms with van der Waals surface area (Å²) in [5.74, 6) is -0.302. The molecular formula is C18H24ClN3O3S. The van der Waals surface area contributed by atoms with Gasteiger partial charge in [0.2, 0.25) is 15.9 Å². The number of rotatable bonds is 6. The van der Waals surface area contributed by atoms with Crippen LogP contribution in [-0.4, -0.2) is 32.7 Å². The summed E-state index contributed by atoms with van der Waals surface area (Å²) < 4.78 is 25.2. The van der Waals surface area contributed by atoms with E-state index in [2.05, 4.69) is 5.32 Å². The summed E-state index contributed by atoms with van der Waals surface area (Å²) in [6, 6.07) is 15.5. The van der Waals surface area contributed by atoms with Gasteiger partial charge in [-0.1, -0.05) is 42.5 Å². The highest BCUT2D eigenvalue weighted by Gasteiger charge is 2.30. The minimum atomic E-state index is -3.46. The molecule has 2 aromatic rings. The van der Waals surface area contributed by atoms with Crippen LogP contribution in [0.2, 0.25) is 0 Å². The number of hydrogen-bond acceptors (Lipinski definition) is 4. The molecule has 26 heavy (non-hydrogen) atoms. The van der Waals surface area contributed by atoms with Gasteiger partial charge in [-0.2, -0.15) is 0 Å². The lowest BCUT2D eigenvalue weighted by molar-refractivity contribution is -0.126. The Morgan fingerprint density at radius 2 is 1.62 bits per heavy atom. The second kappa shape index (κ2) is 8.64. The fraction of sp³-hybridized carbons (Fsp3) is 0.278. The molecule has 0 heterocycles. The number of carbonyl (C=O) groups excluding carboxylic acids is 1. The highest BCUT2D eigenvalue weighted by molar-refractivity contribution is 7.89. The first-order chi connectivity index (χ1) is 11.7. The lowest BCUT2D eigenvalue weighted by Gasteiger charge is -2.24. The zero-order valence-corrected chi connectivity index (χ0v) is 16.6. The molecule has 0 radical (unpaired) electrons. The fourth-order valence-corrected chi connectivity index (χ4v) is 3.17. The summed E-state index contributed by atoms with van der Waals surface area (Å²) in [6.45, 7) is 1.92. The van der Waals surface area contributed by atoms with Gasteiger partial charge >= 0.3 is 0 Å². The van der Waals surface area contributed by atoms with Gasteiger partial charge in [0, 0.05) is 20.6 Å². The monoisotopic (exact) mass is 397 g/mol. The Labute approximate surface area is 160 Å². The number of halogens is 1. The van der Waals surface area contributed by atoms with Crippen LogP contribution in [-0.2, 0) is 26.9 Å². The molecule has 0 fully saturated rings. The molecule has 8 heteroatoms. The summed E-state index contributed by atoms with van der Waals surface area (Å²) in [4.78, 5) is 12.6. The standard InChI is InChI=1S/C18H23N3O3S.ClH/c1-18(19,15-7-5-4-6-8-15)17(22)20-13-14-9-11-16(12-10-14)25(23,24)21(2)3;/h4-12H,13,19H2,1-3H3,(H,20,22);1H. The molecule has 3 N–H and O–H groups in total. The first-order valence-electron chi connectivity index (χ1n) is 7.80. The highest BCUT2D eigenvalue weighted by atomic mass is 35.5. The van der Waals surface area contributed by atoms with Crippen LogP contribution in [0.15, 0.2) is 59.5 Å². The second-order valence-corrected chi connectivity index (χ2v) is 8.33. The van der Waals surface area contributed by atoms with Gasteiger partial charge in [0.05, 0.1) is 4.90 Å². The summed E-state index contributed by atoms with van der Waals surface area (Å²) in [5, 5.41) is 2.79. The first-order valence-corrected chi connectivity index (χ1v) is 9.24. The Morgan fingerprint density at radius 1 is 1.08 bits per heavy atom. The number of nitrogens with one attached hydrogen (secondary N) is 1. The van der Waals surface area contributed by atoms with E-state index >= 15 is 0 Å². The van der Waals surface area contributed by atoms with Crippen molar-refractivity contribution in [3.63, 3.8) is 0 Å². The Morgan fingerprint density at radius 3 is 2.12 bits per heavy atom. The van der Waals surface area contributed by atoms with E-state index in [9.17, 15) is 13.2 Å². The van der Waals surface area contributed by atoms with E-state index < -0.39 is 15.6 Å². The smallest absolute Gasteiger partial charge is 0.244 e. The third kappa shape index (κ3) is 4.82. The van der Waals surface area contributed by atoms with Gasteiger partial charge in [0.1, 0.15) is 5.54 Å². The quantitative estimate of drug-likeness (QED) is 0.777. The predicted molar refractivity (Wildman–Crippen MR) is 104 cm³/mol. The second-order valence-electron chi connectivity index (χ2n) is 6.18. The van der Waals surface area contributed by atoms with Crippen LogP contribution in [0.3, 0.4) is 0 Å². The molecule has 0 aliphatic heterocycles. The number of nitrogens with zero attached hydrogens (tertiary/aromatic N) is 1. The highest BCUT2D eigenvalue weighted by Crippen LogP contribution is 2.18. The lowest BCUT2D eigenvalue weighted by atomic mass is 9.92. The molecule has 0 aliphatic rings. The van der Waals surface area contributed by atoms with E-state index in [4.69, 9.17) is 5.73 Å². The normalized spacial score (nSPS) is 13.6. The Hall–Kier alpha value is -1.93. The first kappa shape index (κ1) is 22.1. The third-order valence-corrected chi connectivity index (χ3v) is 5.83. The van der Waals surface area contributed by atoms with Crippen molar-refractivity contribution in [3.8, 4) is 0 Å². The van der Waals surface area contributed by atoms with Crippen molar-refractivity contribution in [2.75, 3.05) is 14.1 Å². The number of carbonyl (C=O) groups is 1. The van der Waals surface area contributed by atoms with Crippen molar-refractivity contribution in [2.45, 2.75) is 23.9 Å². The zero-order chi connectivity index (χ0) is 18.7. The van der Waals surface area contributed by atoms with Crippen LogP contribution in [0.25, 0.3) is 0 Å². The van der Waals surface area contributed by atoms with E-state index in [1.807, 2.05) is 18.2 Å². The average molecular weight is 398 g/mol. The molecule has 1 atom stereocenters. The molecule has 2 rings (SSSR count). The number of amides is 1. The van der Waals surface area contributed by atoms with Gasteiger partial charge in [-0.15, -0.1) is 12.4 Å². The van der Waals surface area contributed by atoms with Crippen molar-refractivity contribution in [3.05, 3.63) is 65.7 Å². The van der Waals surface area contributed by atoms with Gasteiger partial charge < -0.3 is 11.1 Å². The van der Waals surface area contributed by atoms with Crippen LogP contribution in [0.1, 0.15) is 18.1 Å². The zero-order valence-electron chi connectivity index (χ0n) is 15.0. The molecule has 0 spiro atoms. The van der Waals surface area contributed by atoms with E-state index in [-0.39, 0.29) is 29.8 Å². The van der Waals surface area contributed by atoms with Gasteiger partial charge in [0.25, 0.3) is 0 Å². The molecule has 2 aromatic carbocycles. The van der Waals surface area contributed by atoms with E-state index in [0.717, 1.165) is 15.4 Å². The molecule has 142 valence electrons. The maximum atomic E-state index is 12.4. The van der Waals surface area contributed by atoms with Gasteiger partial charge in [0.15, 0.2) is 0 Å². The molecule has 6 nitrogen and oxygen atoms in total. The van der Waals surface area contributed by atoms with Crippen LogP contribution < -0.4 is 11.1 Å². The van der Waals surface area contributed by atoms with E-state index in [1.165, 1.54) is 26.2 Å². The summed E-state index contributed by atoms with van der Waals surface area (Å²) in [7, 11) is -0.496. The van der Waals surface area contributed by atoms with Crippen molar-refractivity contribution in [1.82, 2.24) is 9.62 Å². The summed E-state index contributed by atoms with van der Waals surface area (Å²) in [6.07, 6.45) is 0. The Kier molecular flexibility index (Phi) is 7.35. The van der Waals surface area contributed by atoms with Crippen molar-refractivity contribution in [2.24, 2.45) is 5.73 Å². The van der Waals surface area contributed by atoms with Crippen LogP contribution in [0.4, 0.5) is 0 Å². The molecule has 0 aliphatic carbocycles. The van der Waals surface area contributed by atoms with Crippen LogP contribution >= 0.6 is 12.4 Å². The molecule has 0 bridgehead atoms. The average Bonchev–Trinajstić information content (AvgIpc) is 2.60. The van der Waals surface area contributed by atoms with Crippen LogP contribution in [0.5, 0.6) is 0 Å². The minimum Gasteiger partial charge on any atom is -0.350 e. The minimum absolute atomic E-state index is 0. The van der Waals surface area contributed by atoms with Gasteiger partial charge in [-0.05, 0) is 30.2 Å². The number of nitrogens with two attached hydrogens (primary N) is 1. The van der Waals surface area contributed by atoms with Gasteiger partial charge in [-0.3, -0.25) is 4.79 Å². The maximum absolute atomic E-state index is 12.4. The summed E-state index contributed by atoms with van der Waals surface area (Å²) in [5.41, 5.74) is 6.53. The molecular weight excluding hydrogens is 374 g/mol. The fourth-order valence-electron chi connectivity index (χ4n) is 2.27. The topological polar surface area (TPSA) is 92.5 Å². The van der Waals surface area contributed by atoms with Gasteiger partial charge in [-0.25, -0.2) is 12.7 Å². The molecule has 0 saturated carbocycles. The van der Waals surface area contributed by atoms with Crippen molar-refractivity contribution >= 4 is 28.3 Å². The molecule has 1 amide bonds. The Balaban J connectivity index is 0.00000338. The number of sulfonamides is 1. The van der Waals surface area contributed by atoms with Crippen LogP contribution in [0, 0.1) is 0 Å². The predicted octanol–water partition coefficient (Wildman–Crippen LogP) is 1.85. The number of hydrogen-bond donors (Lipinski definition) is 2.